The van der Waals surface area contributed by atoms with E-state index in [1.165, 1.54) is 12.4 Å². The zero-order chi connectivity index (χ0) is 23.8. The van der Waals surface area contributed by atoms with Gasteiger partial charge in [0.2, 0.25) is 0 Å². The first-order chi connectivity index (χ1) is 15.6. The summed E-state index contributed by atoms with van der Waals surface area (Å²) in [4.78, 5) is 28.3. The van der Waals surface area contributed by atoms with Crippen molar-refractivity contribution >= 4 is 26.7 Å². The second-order valence-electron chi connectivity index (χ2n) is 9.02. The molecule has 0 saturated carbocycles. The Hall–Kier alpha value is -2.92. The van der Waals surface area contributed by atoms with Gasteiger partial charge in [-0.15, -0.1) is 0 Å². The van der Waals surface area contributed by atoms with Crippen LogP contribution in [0.1, 0.15) is 53.5 Å². The van der Waals surface area contributed by atoms with E-state index in [0.29, 0.717) is 35.9 Å². The third kappa shape index (κ3) is 5.03. The molecule has 1 N–H and O–H groups in total. The molecular formula is C25H29FN5OP. The number of rotatable bonds is 5. The largest absolute Gasteiger partial charge is 0.351 e. The van der Waals surface area contributed by atoms with Gasteiger partial charge < -0.3 is 10.2 Å². The number of nitrogens with zero attached hydrogens (tertiary/aromatic N) is 4. The van der Waals surface area contributed by atoms with Crippen LogP contribution in [0.25, 0.3) is 11.1 Å². The third-order valence-corrected chi connectivity index (χ3v) is 6.32. The Labute approximate surface area is 196 Å². The Balaban J connectivity index is 1.78. The van der Waals surface area contributed by atoms with Gasteiger partial charge in [-0.1, -0.05) is 46.8 Å². The predicted molar refractivity (Wildman–Crippen MR) is 134 cm³/mol. The topological polar surface area (TPSA) is 71.0 Å². The van der Waals surface area contributed by atoms with Gasteiger partial charge in [0.1, 0.15) is 11.2 Å². The SMILES string of the molecule is Cc1ccc(C)c(-c2ccnc(N3CCC(F)(P)C3)c2NC(=O)c2cnc(C(C)C)nc2)c1. The molecule has 0 spiro atoms. The molecule has 6 nitrogen and oxygen atoms in total. The first-order valence-corrected chi connectivity index (χ1v) is 11.6. The maximum absolute atomic E-state index is 14.6. The molecule has 0 aliphatic carbocycles. The van der Waals surface area contributed by atoms with Crippen LogP contribution in [0.2, 0.25) is 0 Å². The summed E-state index contributed by atoms with van der Waals surface area (Å²) in [6, 6.07) is 8.08. The fourth-order valence-electron chi connectivity index (χ4n) is 3.98. The molecule has 1 fully saturated rings. The van der Waals surface area contributed by atoms with Crippen LogP contribution in [-0.4, -0.2) is 39.4 Å². The maximum Gasteiger partial charge on any atom is 0.258 e. The van der Waals surface area contributed by atoms with Crippen molar-refractivity contribution in [1.82, 2.24) is 15.0 Å². The van der Waals surface area contributed by atoms with E-state index in [1.54, 1.807) is 6.20 Å². The van der Waals surface area contributed by atoms with Gasteiger partial charge in [0.25, 0.3) is 5.91 Å². The molecule has 1 aliphatic rings. The molecule has 1 amide bonds. The van der Waals surface area contributed by atoms with E-state index < -0.39 is 5.41 Å². The molecule has 8 heteroatoms. The van der Waals surface area contributed by atoms with Crippen LogP contribution in [0.15, 0.2) is 42.9 Å². The predicted octanol–water partition coefficient (Wildman–Crippen LogP) is 5.28. The Morgan fingerprint density at radius 3 is 2.52 bits per heavy atom. The van der Waals surface area contributed by atoms with Crippen molar-refractivity contribution in [2.24, 2.45) is 0 Å². The minimum absolute atomic E-state index is 0.172. The lowest BCUT2D eigenvalue weighted by Crippen LogP contribution is -2.26. The first kappa shape index (κ1) is 23.2. The highest BCUT2D eigenvalue weighted by Crippen LogP contribution is 2.41. The zero-order valence-electron chi connectivity index (χ0n) is 19.4. The van der Waals surface area contributed by atoms with Crippen LogP contribution in [0.5, 0.6) is 0 Å². The number of anilines is 2. The minimum atomic E-state index is -1.38. The molecule has 0 bridgehead atoms. The number of aryl methyl sites for hydroxylation is 2. The molecule has 1 aromatic carbocycles. The number of aromatic nitrogens is 3. The fraction of sp³-hybridized carbons (Fsp3) is 0.360. The summed E-state index contributed by atoms with van der Waals surface area (Å²) in [5, 5.41) is 1.66. The number of halogens is 1. The second-order valence-corrected chi connectivity index (χ2v) is 10.1. The number of amides is 1. The molecule has 172 valence electrons. The van der Waals surface area contributed by atoms with E-state index in [4.69, 9.17) is 0 Å². The van der Waals surface area contributed by atoms with Crippen LogP contribution in [0.3, 0.4) is 0 Å². The van der Waals surface area contributed by atoms with Gasteiger partial charge in [0, 0.05) is 43.0 Å². The lowest BCUT2D eigenvalue weighted by molar-refractivity contribution is 0.102. The van der Waals surface area contributed by atoms with Crippen molar-refractivity contribution in [2.75, 3.05) is 23.3 Å². The smallest absolute Gasteiger partial charge is 0.258 e. The number of pyridine rings is 1. The summed E-state index contributed by atoms with van der Waals surface area (Å²) < 4.78 is 14.6. The number of carbonyl (C=O) groups is 1. The van der Waals surface area contributed by atoms with E-state index >= 15 is 0 Å². The van der Waals surface area contributed by atoms with E-state index in [2.05, 4.69) is 47.7 Å². The van der Waals surface area contributed by atoms with Gasteiger partial charge in [-0.2, -0.15) is 0 Å². The second kappa shape index (κ2) is 9.14. The Bertz CT molecular complexity index is 1180. The molecule has 0 radical (unpaired) electrons. The van der Waals surface area contributed by atoms with E-state index in [0.717, 1.165) is 22.3 Å². The summed E-state index contributed by atoms with van der Waals surface area (Å²) in [7, 11) is 2.29. The van der Waals surface area contributed by atoms with Crippen LogP contribution in [0, 0.1) is 13.8 Å². The fourth-order valence-corrected chi connectivity index (χ4v) is 4.33. The Morgan fingerprint density at radius 2 is 1.88 bits per heavy atom. The number of hydrogen-bond donors (Lipinski definition) is 1. The lowest BCUT2D eigenvalue weighted by Gasteiger charge is -2.24. The maximum atomic E-state index is 14.6. The number of benzene rings is 1. The van der Waals surface area contributed by atoms with Crippen LogP contribution < -0.4 is 10.2 Å². The summed E-state index contributed by atoms with van der Waals surface area (Å²) >= 11 is 0. The van der Waals surface area contributed by atoms with E-state index in [9.17, 15) is 9.18 Å². The van der Waals surface area contributed by atoms with Crippen molar-refractivity contribution in [1.29, 1.82) is 0 Å². The summed E-state index contributed by atoms with van der Waals surface area (Å²) in [5.41, 5.74) is 4.94. The van der Waals surface area contributed by atoms with Crippen molar-refractivity contribution < 1.29 is 9.18 Å². The Morgan fingerprint density at radius 1 is 1.15 bits per heavy atom. The highest BCUT2D eigenvalue weighted by molar-refractivity contribution is 7.18. The van der Waals surface area contributed by atoms with Gasteiger partial charge in [-0.25, -0.2) is 19.3 Å². The van der Waals surface area contributed by atoms with Gasteiger partial charge in [0.05, 0.1) is 17.8 Å². The molecule has 1 aliphatic heterocycles. The monoisotopic (exact) mass is 465 g/mol. The van der Waals surface area contributed by atoms with E-state index in [-0.39, 0.29) is 18.4 Å². The van der Waals surface area contributed by atoms with Gasteiger partial charge >= 0.3 is 0 Å². The molecule has 2 aromatic heterocycles. The van der Waals surface area contributed by atoms with E-state index in [1.807, 2.05) is 38.7 Å². The third-order valence-electron chi connectivity index (χ3n) is 5.85. The molecule has 33 heavy (non-hydrogen) atoms. The minimum Gasteiger partial charge on any atom is -0.351 e. The Kier molecular flexibility index (Phi) is 6.44. The van der Waals surface area contributed by atoms with Gasteiger partial charge in [-0.05, 0) is 31.0 Å². The van der Waals surface area contributed by atoms with Gasteiger partial charge in [-0.3, -0.25) is 4.79 Å². The molecule has 2 unspecified atom stereocenters. The number of nitrogens with one attached hydrogen (secondary N) is 1. The number of carbonyl (C=O) groups excluding carboxylic acids is 1. The average molecular weight is 466 g/mol. The zero-order valence-corrected chi connectivity index (χ0v) is 20.5. The quantitative estimate of drug-likeness (QED) is 0.519. The molecule has 4 rings (SSSR count). The van der Waals surface area contributed by atoms with Crippen molar-refractivity contribution in [3.8, 4) is 11.1 Å². The van der Waals surface area contributed by atoms with Crippen LogP contribution in [-0.2, 0) is 0 Å². The average Bonchev–Trinajstić information content (AvgIpc) is 3.15. The molecule has 1 saturated heterocycles. The van der Waals surface area contributed by atoms with Crippen LogP contribution in [0.4, 0.5) is 15.9 Å². The molecule has 3 aromatic rings. The number of hydrogen-bond acceptors (Lipinski definition) is 5. The standard InChI is InChI=1S/C25H29FN5OP/c1-15(2)22-28-12-18(13-29-22)24(32)30-21-19(20-11-16(3)5-6-17(20)4)7-9-27-23(21)31-10-8-25(26,33)14-31/h5-7,9,11-13,15H,8,10,14,33H2,1-4H3,(H,30,32). The number of alkyl halides is 1. The molecule has 2 atom stereocenters. The van der Waals surface area contributed by atoms with Crippen molar-refractivity contribution in [3.63, 3.8) is 0 Å². The highest BCUT2D eigenvalue weighted by atomic mass is 31.0. The molecule has 3 heterocycles. The van der Waals surface area contributed by atoms with Crippen molar-refractivity contribution in [3.05, 3.63) is 65.4 Å². The normalized spacial score (nSPS) is 18.1. The molecular weight excluding hydrogens is 436 g/mol. The van der Waals surface area contributed by atoms with Gasteiger partial charge in [0.15, 0.2) is 5.82 Å². The summed E-state index contributed by atoms with van der Waals surface area (Å²) in [5.74, 6) is 1.08. The van der Waals surface area contributed by atoms with Crippen molar-refractivity contribution in [2.45, 2.75) is 45.4 Å². The van der Waals surface area contributed by atoms with Crippen LogP contribution >= 0.6 is 9.24 Å². The summed E-state index contributed by atoms with van der Waals surface area (Å²) in [6.07, 6.45) is 5.17. The first-order valence-electron chi connectivity index (χ1n) is 11.1. The lowest BCUT2D eigenvalue weighted by atomic mass is 9.97. The highest BCUT2D eigenvalue weighted by Gasteiger charge is 2.36. The summed E-state index contributed by atoms with van der Waals surface area (Å²) in [6.45, 7) is 8.77.